The Balaban J connectivity index is 1.70. The van der Waals surface area contributed by atoms with Gasteiger partial charge in [-0.15, -0.1) is 0 Å². The SMILES string of the molecule is c1cncc(COc2ccc3c(c2)CCCO3)c1. The van der Waals surface area contributed by atoms with Crippen LogP contribution in [0.2, 0.25) is 0 Å². The van der Waals surface area contributed by atoms with Crippen LogP contribution in [0.1, 0.15) is 17.5 Å². The Morgan fingerprint density at radius 1 is 1.28 bits per heavy atom. The van der Waals surface area contributed by atoms with E-state index in [-0.39, 0.29) is 0 Å². The topological polar surface area (TPSA) is 31.4 Å². The van der Waals surface area contributed by atoms with Gasteiger partial charge >= 0.3 is 0 Å². The summed E-state index contributed by atoms with van der Waals surface area (Å²) in [6, 6.07) is 9.95. The minimum Gasteiger partial charge on any atom is -0.493 e. The number of rotatable bonds is 3. The van der Waals surface area contributed by atoms with Gasteiger partial charge in [0.05, 0.1) is 6.61 Å². The summed E-state index contributed by atoms with van der Waals surface area (Å²) in [6.45, 7) is 1.37. The van der Waals surface area contributed by atoms with Crippen LogP contribution in [-0.4, -0.2) is 11.6 Å². The zero-order valence-electron chi connectivity index (χ0n) is 10.1. The van der Waals surface area contributed by atoms with E-state index in [9.17, 15) is 0 Å². The van der Waals surface area contributed by atoms with Crippen molar-refractivity contribution in [3.05, 3.63) is 53.9 Å². The van der Waals surface area contributed by atoms with E-state index in [1.54, 1.807) is 6.20 Å². The molecular weight excluding hydrogens is 226 g/mol. The average Bonchev–Trinajstić information content (AvgIpc) is 2.46. The van der Waals surface area contributed by atoms with Crippen molar-refractivity contribution in [2.24, 2.45) is 0 Å². The first-order valence-electron chi connectivity index (χ1n) is 6.19. The quantitative estimate of drug-likeness (QED) is 0.827. The van der Waals surface area contributed by atoms with Crippen molar-refractivity contribution in [2.45, 2.75) is 19.4 Å². The molecule has 0 bridgehead atoms. The number of aryl methyl sites for hydroxylation is 1. The van der Waals surface area contributed by atoms with Gasteiger partial charge in [-0.3, -0.25) is 4.98 Å². The summed E-state index contributed by atoms with van der Waals surface area (Å²) in [5.74, 6) is 1.89. The molecule has 0 fully saturated rings. The molecule has 3 heteroatoms. The molecule has 18 heavy (non-hydrogen) atoms. The molecule has 1 aliphatic rings. The van der Waals surface area contributed by atoms with Crippen LogP contribution in [0.15, 0.2) is 42.7 Å². The molecule has 0 atom stereocenters. The number of hydrogen-bond donors (Lipinski definition) is 0. The van der Waals surface area contributed by atoms with Gasteiger partial charge < -0.3 is 9.47 Å². The summed E-state index contributed by atoms with van der Waals surface area (Å²) in [5, 5.41) is 0. The Morgan fingerprint density at radius 2 is 2.28 bits per heavy atom. The summed E-state index contributed by atoms with van der Waals surface area (Å²) in [4.78, 5) is 4.07. The average molecular weight is 241 g/mol. The van der Waals surface area contributed by atoms with Gasteiger partial charge in [0.1, 0.15) is 18.1 Å². The van der Waals surface area contributed by atoms with E-state index in [0.717, 1.165) is 36.5 Å². The highest BCUT2D eigenvalue weighted by molar-refractivity contribution is 5.41. The fourth-order valence-corrected chi connectivity index (χ4v) is 2.08. The molecule has 0 unspecified atom stereocenters. The van der Waals surface area contributed by atoms with Crippen molar-refractivity contribution in [1.29, 1.82) is 0 Å². The second-order valence-electron chi connectivity index (χ2n) is 4.37. The molecule has 1 aromatic carbocycles. The molecule has 3 rings (SSSR count). The normalized spacial score (nSPS) is 13.6. The third kappa shape index (κ3) is 2.45. The maximum Gasteiger partial charge on any atom is 0.122 e. The maximum atomic E-state index is 5.76. The summed E-state index contributed by atoms with van der Waals surface area (Å²) < 4.78 is 11.3. The summed E-state index contributed by atoms with van der Waals surface area (Å²) in [5.41, 5.74) is 2.32. The Kier molecular flexibility index (Phi) is 3.13. The summed E-state index contributed by atoms with van der Waals surface area (Å²) in [7, 11) is 0. The van der Waals surface area contributed by atoms with Gasteiger partial charge in [-0.25, -0.2) is 0 Å². The standard InChI is InChI=1S/C15H15NO2/c1-3-12(10-16-7-1)11-18-14-5-6-15-13(9-14)4-2-8-17-15/h1,3,5-7,9-10H,2,4,8,11H2. The summed E-state index contributed by atoms with van der Waals surface area (Å²) >= 11 is 0. The van der Waals surface area contributed by atoms with Crippen LogP contribution in [0.3, 0.4) is 0 Å². The molecule has 2 heterocycles. The highest BCUT2D eigenvalue weighted by atomic mass is 16.5. The molecule has 1 aromatic heterocycles. The van der Waals surface area contributed by atoms with E-state index in [4.69, 9.17) is 9.47 Å². The Morgan fingerprint density at radius 3 is 3.17 bits per heavy atom. The van der Waals surface area contributed by atoms with E-state index >= 15 is 0 Å². The van der Waals surface area contributed by atoms with Crippen molar-refractivity contribution in [3.8, 4) is 11.5 Å². The van der Waals surface area contributed by atoms with Crippen LogP contribution in [0, 0.1) is 0 Å². The molecule has 0 aliphatic carbocycles. The van der Waals surface area contributed by atoms with Gasteiger partial charge in [0.2, 0.25) is 0 Å². The molecule has 92 valence electrons. The van der Waals surface area contributed by atoms with E-state index in [0.29, 0.717) is 6.61 Å². The lowest BCUT2D eigenvalue weighted by atomic mass is 10.1. The maximum absolute atomic E-state index is 5.76. The second kappa shape index (κ2) is 5.08. The van der Waals surface area contributed by atoms with Crippen molar-refractivity contribution >= 4 is 0 Å². The van der Waals surface area contributed by atoms with Crippen LogP contribution in [0.25, 0.3) is 0 Å². The van der Waals surface area contributed by atoms with E-state index < -0.39 is 0 Å². The summed E-state index contributed by atoms with van der Waals surface area (Å²) in [6.07, 6.45) is 5.74. The van der Waals surface area contributed by atoms with Crippen molar-refractivity contribution in [2.75, 3.05) is 6.61 Å². The zero-order chi connectivity index (χ0) is 12.2. The molecule has 0 N–H and O–H groups in total. The van der Waals surface area contributed by atoms with Gasteiger partial charge in [-0.05, 0) is 42.7 Å². The first kappa shape index (κ1) is 11.1. The largest absolute Gasteiger partial charge is 0.493 e. The smallest absolute Gasteiger partial charge is 0.122 e. The van der Waals surface area contributed by atoms with E-state index in [1.807, 2.05) is 30.5 Å². The van der Waals surface area contributed by atoms with E-state index in [1.165, 1.54) is 5.56 Å². The van der Waals surface area contributed by atoms with Gasteiger partial charge in [0.25, 0.3) is 0 Å². The molecule has 0 spiro atoms. The minimum absolute atomic E-state index is 0.549. The Labute approximate surface area is 106 Å². The lowest BCUT2D eigenvalue weighted by molar-refractivity contribution is 0.282. The van der Waals surface area contributed by atoms with Crippen LogP contribution < -0.4 is 9.47 Å². The molecule has 1 aliphatic heterocycles. The van der Waals surface area contributed by atoms with Crippen LogP contribution >= 0.6 is 0 Å². The number of benzene rings is 1. The predicted octanol–water partition coefficient (Wildman–Crippen LogP) is 2.99. The molecule has 0 saturated heterocycles. The molecule has 0 radical (unpaired) electrons. The van der Waals surface area contributed by atoms with Crippen molar-refractivity contribution in [1.82, 2.24) is 4.98 Å². The van der Waals surface area contributed by atoms with E-state index in [2.05, 4.69) is 11.1 Å². The van der Waals surface area contributed by atoms with Gasteiger partial charge in [-0.2, -0.15) is 0 Å². The predicted molar refractivity (Wildman–Crippen MR) is 68.8 cm³/mol. The zero-order valence-corrected chi connectivity index (χ0v) is 10.1. The van der Waals surface area contributed by atoms with Crippen molar-refractivity contribution in [3.63, 3.8) is 0 Å². The lowest BCUT2D eigenvalue weighted by Gasteiger charge is -2.18. The van der Waals surface area contributed by atoms with Crippen LogP contribution in [-0.2, 0) is 13.0 Å². The third-order valence-electron chi connectivity index (χ3n) is 3.01. The fraction of sp³-hybridized carbons (Fsp3) is 0.267. The third-order valence-corrected chi connectivity index (χ3v) is 3.01. The molecule has 0 amide bonds. The lowest BCUT2D eigenvalue weighted by Crippen LogP contribution is -2.08. The molecular formula is C15H15NO2. The van der Waals surface area contributed by atoms with Gasteiger partial charge in [0, 0.05) is 18.0 Å². The van der Waals surface area contributed by atoms with Gasteiger partial charge in [-0.1, -0.05) is 6.07 Å². The fourth-order valence-electron chi connectivity index (χ4n) is 2.08. The van der Waals surface area contributed by atoms with Crippen molar-refractivity contribution < 1.29 is 9.47 Å². The first-order valence-corrected chi connectivity index (χ1v) is 6.19. The molecule has 0 saturated carbocycles. The molecule has 2 aromatic rings. The highest BCUT2D eigenvalue weighted by Gasteiger charge is 2.10. The van der Waals surface area contributed by atoms with Gasteiger partial charge in [0.15, 0.2) is 0 Å². The Hall–Kier alpha value is -2.03. The minimum atomic E-state index is 0.549. The van der Waals surface area contributed by atoms with Crippen LogP contribution in [0.5, 0.6) is 11.5 Å². The number of pyridine rings is 1. The second-order valence-corrected chi connectivity index (χ2v) is 4.37. The van der Waals surface area contributed by atoms with Crippen LogP contribution in [0.4, 0.5) is 0 Å². The number of nitrogens with zero attached hydrogens (tertiary/aromatic N) is 1. The number of hydrogen-bond acceptors (Lipinski definition) is 3. The number of ether oxygens (including phenoxy) is 2. The highest BCUT2D eigenvalue weighted by Crippen LogP contribution is 2.28. The first-order chi connectivity index (χ1) is 8.92. The monoisotopic (exact) mass is 241 g/mol. The molecule has 3 nitrogen and oxygen atoms in total. The number of fused-ring (bicyclic) bond motifs is 1. The number of aromatic nitrogens is 1. The Bertz CT molecular complexity index is 525.